The van der Waals surface area contributed by atoms with Crippen molar-refractivity contribution in [1.82, 2.24) is 9.97 Å². The molecule has 0 aromatic carbocycles. The molecule has 88 valence electrons. The van der Waals surface area contributed by atoms with Crippen molar-refractivity contribution in [2.45, 2.75) is 6.92 Å². The summed E-state index contributed by atoms with van der Waals surface area (Å²) in [5.74, 6) is -0.535. The van der Waals surface area contributed by atoms with Crippen molar-refractivity contribution in [2.75, 3.05) is 7.11 Å². The molecule has 0 aliphatic heterocycles. The summed E-state index contributed by atoms with van der Waals surface area (Å²) >= 11 is 1.34. The number of aromatic nitrogens is 2. The summed E-state index contributed by atoms with van der Waals surface area (Å²) in [5.41, 5.74) is 0.799. The second-order valence-corrected chi connectivity index (χ2v) is 4.51. The lowest BCUT2D eigenvalue weighted by atomic mass is 10.2. The second kappa shape index (κ2) is 4.50. The number of thiazole rings is 1. The average Bonchev–Trinajstić information content (AvgIpc) is 2.72. The first kappa shape index (κ1) is 11.5. The zero-order valence-corrected chi connectivity index (χ0v) is 10.1. The molecule has 0 aliphatic carbocycles. The SMILES string of the molecule is COc1ccc(-c2sc(C)nc2C(=O)O)cn1. The maximum absolute atomic E-state index is 11.0. The van der Waals surface area contributed by atoms with Crippen LogP contribution in [0.4, 0.5) is 0 Å². The molecule has 0 unspecified atom stereocenters. The lowest BCUT2D eigenvalue weighted by molar-refractivity contribution is 0.0692. The number of carboxylic acids is 1. The van der Waals surface area contributed by atoms with E-state index in [0.29, 0.717) is 15.8 Å². The fourth-order valence-corrected chi connectivity index (χ4v) is 2.30. The molecule has 6 heteroatoms. The van der Waals surface area contributed by atoms with Gasteiger partial charge in [0.25, 0.3) is 0 Å². The Morgan fingerprint density at radius 1 is 1.47 bits per heavy atom. The monoisotopic (exact) mass is 250 g/mol. The number of hydrogen-bond acceptors (Lipinski definition) is 5. The van der Waals surface area contributed by atoms with Gasteiger partial charge in [0.1, 0.15) is 0 Å². The Kier molecular flexibility index (Phi) is 3.06. The first-order chi connectivity index (χ1) is 8.11. The van der Waals surface area contributed by atoms with Crippen molar-refractivity contribution in [3.05, 3.63) is 29.0 Å². The van der Waals surface area contributed by atoms with Crippen LogP contribution in [0.3, 0.4) is 0 Å². The number of carboxylic acid groups (broad SMARTS) is 1. The van der Waals surface area contributed by atoms with Crippen LogP contribution in [0.1, 0.15) is 15.5 Å². The molecule has 0 bridgehead atoms. The first-order valence-corrected chi connectivity index (χ1v) is 5.64. The highest BCUT2D eigenvalue weighted by molar-refractivity contribution is 7.15. The van der Waals surface area contributed by atoms with Gasteiger partial charge in [-0.1, -0.05) is 0 Å². The quantitative estimate of drug-likeness (QED) is 0.904. The van der Waals surface area contributed by atoms with Crippen LogP contribution in [0.25, 0.3) is 10.4 Å². The fourth-order valence-electron chi connectivity index (χ4n) is 1.40. The highest BCUT2D eigenvalue weighted by Crippen LogP contribution is 2.30. The summed E-state index contributed by atoms with van der Waals surface area (Å²) in [6.45, 7) is 1.78. The molecule has 0 amide bonds. The van der Waals surface area contributed by atoms with Gasteiger partial charge >= 0.3 is 5.97 Å². The molecule has 2 rings (SSSR count). The van der Waals surface area contributed by atoms with E-state index in [9.17, 15) is 4.79 Å². The molecule has 0 atom stereocenters. The molecule has 0 spiro atoms. The highest BCUT2D eigenvalue weighted by Gasteiger charge is 2.17. The maximum atomic E-state index is 11.0. The summed E-state index contributed by atoms with van der Waals surface area (Å²) < 4.78 is 4.95. The van der Waals surface area contributed by atoms with Crippen LogP contribution in [-0.4, -0.2) is 28.2 Å². The summed E-state index contributed by atoms with van der Waals surface area (Å²) in [6, 6.07) is 3.46. The van der Waals surface area contributed by atoms with Gasteiger partial charge in [-0.2, -0.15) is 0 Å². The molecule has 5 nitrogen and oxygen atoms in total. The van der Waals surface area contributed by atoms with Gasteiger partial charge in [0.15, 0.2) is 5.69 Å². The van der Waals surface area contributed by atoms with Crippen LogP contribution >= 0.6 is 11.3 Å². The van der Waals surface area contributed by atoms with E-state index >= 15 is 0 Å². The number of pyridine rings is 1. The van der Waals surface area contributed by atoms with Crippen LogP contribution in [-0.2, 0) is 0 Å². The third-order valence-electron chi connectivity index (χ3n) is 2.14. The summed E-state index contributed by atoms with van der Waals surface area (Å²) in [7, 11) is 1.53. The zero-order chi connectivity index (χ0) is 12.4. The Labute approximate surface area is 102 Å². The van der Waals surface area contributed by atoms with Gasteiger partial charge in [0.05, 0.1) is 17.0 Å². The lowest BCUT2D eigenvalue weighted by Crippen LogP contribution is -1.99. The number of ether oxygens (including phenoxy) is 1. The number of nitrogens with zero attached hydrogens (tertiary/aromatic N) is 2. The Morgan fingerprint density at radius 3 is 2.76 bits per heavy atom. The van der Waals surface area contributed by atoms with Gasteiger partial charge < -0.3 is 9.84 Å². The minimum absolute atomic E-state index is 0.0690. The Balaban J connectivity index is 2.48. The van der Waals surface area contributed by atoms with Crippen LogP contribution in [0.2, 0.25) is 0 Å². The first-order valence-electron chi connectivity index (χ1n) is 4.83. The Morgan fingerprint density at radius 2 is 2.24 bits per heavy atom. The topological polar surface area (TPSA) is 72.3 Å². The molecule has 17 heavy (non-hydrogen) atoms. The average molecular weight is 250 g/mol. The number of rotatable bonds is 3. The van der Waals surface area contributed by atoms with E-state index in [4.69, 9.17) is 9.84 Å². The molecule has 2 heterocycles. The molecule has 0 saturated carbocycles. The molecule has 0 radical (unpaired) electrons. The Bertz CT molecular complexity index is 548. The second-order valence-electron chi connectivity index (χ2n) is 3.31. The molecule has 0 saturated heterocycles. The minimum atomic E-state index is -1.03. The molecular formula is C11H10N2O3S. The third-order valence-corrected chi connectivity index (χ3v) is 3.16. The number of methoxy groups -OCH3 is 1. The minimum Gasteiger partial charge on any atom is -0.481 e. The fraction of sp³-hybridized carbons (Fsp3) is 0.182. The molecule has 1 N–H and O–H groups in total. The predicted octanol–water partition coefficient (Wildman–Crippen LogP) is 2.22. The van der Waals surface area contributed by atoms with E-state index in [1.807, 2.05) is 0 Å². The smallest absolute Gasteiger partial charge is 0.356 e. The maximum Gasteiger partial charge on any atom is 0.356 e. The number of aryl methyl sites for hydroxylation is 1. The van der Waals surface area contributed by atoms with Crippen molar-refractivity contribution in [1.29, 1.82) is 0 Å². The van der Waals surface area contributed by atoms with Crippen LogP contribution in [0, 0.1) is 6.92 Å². The normalized spacial score (nSPS) is 10.2. The number of carbonyl (C=O) groups is 1. The number of hydrogen-bond donors (Lipinski definition) is 1. The molecule has 2 aromatic heterocycles. The van der Waals surface area contributed by atoms with Crippen molar-refractivity contribution in [2.24, 2.45) is 0 Å². The van der Waals surface area contributed by atoms with Crippen LogP contribution in [0.5, 0.6) is 5.88 Å². The summed E-state index contributed by atoms with van der Waals surface area (Å²) in [6.07, 6.45) is 1.58. The standard InChI is InChI=1S/C11H10N2O3S/c1-6-13-9(11(14)15)10(17-6)7-3-4-8(16-2)12-5-7/h3-5H,1-2H3,(H,14,15). The van der Waals surface area contributed by atoms with Crippen LogP contribution < -0.4 is 4.74 Å². The summed E-state index contributed by atoms with van der Waals surface area (Å²) in [5, 5.41) is 9.76. The van der Waals surface area contributed by atoms with Gasteiger partial charge in [-0.3, -0.25) is 0 Å². The zero-order valence-electron chi connectivity index (χ0n) is 9.30. The number of aromatic carboxylic acids is 1. The van der Waals surface area contributed by atoms with E-state index in [0.717, 1.165) is 5.56 Å². The molecule has 0 fully saturated rings. The van der Waals surface area contributed by atoms with Crippen molar-refractivity contribution >= 4 is 17.3 Å². The van der Waals surface area contributed by atoms with Gasteiger partial charge in [0.2, 0.25) is 5.88 Å². The van der Waals surface area contributed by atoms with E-state index in [1.54, 1.807) is 25.3 Å². The van der Waals surface area contributed by atoms with E-state index in [-0.39, 0.29) is 5.69 Å². The van der Waals surface area contributed by atoms with E-state index in [2.05, 4.69) is 9.97 Å². The van der Waals surface area contributed by atoms with Gasteiger partial charge in [-0.05, 0) is 13.0 Å². The predicted molar refractivity (Wildman–Crippen MR) is 63.6 cm³/mol. The highest BCUT2D eigenvalue weighted by atomic mass is 32.1. The molecule has 2 aromatic rings. The third kappa shape index (κ3) is 2.26. The largest absolute Gasteiger partial charge is 0.481 e. The van der Waals surface area contributed by atoms with Gasteiger partial charge in [-0.15, -0.1) is 11.3 Å². The van der Waals surface area contributed by atoms with Gasteiger partial charge in [0, 0.05) is 17.8 Å². The molecule has 0 aliphatic rings. The van der Waals surface area contributed by atoms with Gasteiger partial charge in [-0.25, -0.2) is 14.8 Å². The van der Waals surface area contributed by atoms with Crippen molar-refractivity contribution in [3.8, 4) is 16.3 Å². The lowest BCUT2D eigenvalue weighted by Gasteiger charge is -2.00. The van der Waals surface area contributed by atoms with Crippen molar-refractivity contribution in [3.63, 3.8) is 0 Å². The van der Waals surface area contributed by atoms with Crippen molar-refractivity contribution < 1.29 is 14.6 Å². The Hall–Kier alpha value is -1.95. The van der Waals surface area contributed by atoms with E-state index in [1.165, 1.54) is 18.4 Å². The van der Waals surface area contributed by atoms with E-state index < -0.39 is 5.97 Å². The summed E-state index contributed by atoms with van der Waals surface area (Å²) in [4.78, 5) is 19.7. The molecular weight excluding hydrogens is 240 g/mol. The van der Waals surface area contributed by atoms with Crippen LogP contribution in [0.15, 0.2) is 18.3 Å².